The number of nitrogens with one attached hydrogen (secondary N) is 2. The molecule has 4 heteroatoms. The zero-order valence-electron chi connectivity index (χ0n) is 8.42. The van der Waals surface area contributed by atoms with Gasteiger partial charge in [-0.2, -0.15) is 0 Å². The van der Waals surface area contributed by atoms with E-state index in [9.17, 15) is 4.79 Å². The minimum absolute atomic E-state index is 0.235. The van der Waals surface area contributed by atoms with Gasteiger partial charge >= 0.3 is 6.09 Å². The van der Waals surface area contributed by atoms with Crippen LogP contribution in [0.2, 0.25) is 0 Å². The van der Waals surface area contributed by atoms with E-state index in [1.807, 2.05) is 0 Å². The van der Waals surface area contributed by atoms with Crippen molar-refractivity contribution in [3.63, 3.8) is 0 Å². The number of amides is 1. The van der Waals surface area contributed by atoms with E-state index in [0.29, 0.717) is 18.6 Å². The Morgan fingerprint density at radius 2 is 2.29 bits per heavy atom. The van der Waals surface area contributed by atoms with Crippen molar-refractivity contribution in [2.24, 2.45) is 5.92 Å². The van der Waals surface area contributed by atoms with Gasteiger partial charge in [0.15, 0.2) is 0 Å². The third-order valence-electron chi connectivity index (χ3n) is 3.04. The molecule has 1 heterocycles. The summed E-state index contributed by atoms with van der Waals surface area (Å²) in [5.74, 6) is 0.516. The van der Waals surface area contributed by atoms with Crippen molar-refractivity contribution in [2.45, 2.75) is 31.7 Å². The largest absolute Gasteiger partial charge is 0.449 e. The van der Waals surface area contributed by atoms with E-state index in [0.717, 1.165) is 32.4 Å². The van der Waals surface area contributed by atoms with Crippen LogP contribution in [0.25, 0.3) is 0 Å². The number of carbonyl (C=O) groups is 1. The topological polar surface area (TPSA) is 50.4 Å². The van der Waals surface area contributed by atoms with Gasteiger partial charge in [0.1, 0.15) is 0 Å². The van der Waals surface area contributed by atoms with Gasteiger partial charge in [-0.3, -0.25) is 0 Å². The number of carbonyl (C=O) groups excluding carboxylic acids is 1. The first kappa shape index (κ1) is 9.77. The van der Waals surface area contributed by atoms with E-state index in [2.05, 4.69) is 10.6 Å². The second-order valence-corrected chi connectivity index (χ2v) is 4.23. The lowest BCUT2D eigenvalue weighted by Gasteiger charge is -2.26. The molecule has 0 aromatic carbocycles. The highest BCUT2D eigenvalue weighted by atomic mass is 16.5. The van der Waals surface area contributed by atoms with Gasteiger partial charge < -0.3 is 15.4 Å². The molecule has 1 atom stereocenters. The van der Waals surface area contributed by atoms with Crippen molar-refractivity contribution in [3.8, 4) is 0 Å². The summed E-state index contributed by atoms with van der Waals surface area (Å²) in [4.78, 5) is 11.2. The van der Waals surface area contributed by atoms with Crippen molar-refractivity contribution in [1.82, 2.24) is 10.6 Å². The third kappa shape index (κ3) is 2.61. The molecular formula is C10H18N2O2. The van der Waals surface area contributed by atoms with E-state index in [-0.39, 0.29) is 6.09 Å². The summed E-state index contributed by atoms with van der Waals surface area (Å²) in [5.41, 5.74) is 0. The molecule has 0 spiro atoms. The highest BCUT2D eigenvalue weighted by Crippen LogP contribution is 2.18. The van der Waals surface area contributed by atoms with E-state index >= 15 is 0 Å². The van der Waals surface area contributed by atoms with Crippen LogP contribution in [0.3, 0.4) is 0 Å². The molecule has 1 aliphatic carbocycles. The molecule has 0 aromatic rings. The first-order valence-corrected chi connectivity index (χ1v) is 5.48. The van der Waals surface area contributed by atoms with Crippen LogP contribution in [0, 0.1) is 5.92 Å². The number of hydrogen-bond acceptors (Lipinski definition) is 3. The van der Waals surface area contributed by atoms with Crippen LogP contribution in [-0.2, 0) is 4.74 Å². The fraction of sp³-hybridized carbons (Fsp3) is 0.900. The molecule has 2 aliphatic rings. The van der Waals surface area contributed by atoms with Crippen molar-refractivity contribution in [3.05, 3.63) is 0 Å². The molecule has 1 aliphatic heterocycles. The summed E-state index contributed by atoms with van der Waals surface area (Å²) in [6.07, 6.45) is 4.34. The fourth-order valence-electron chi connectivity index (χ4n) is 1.81. The van der Waals surface area contributed by atoms with Crippen LogP contribution in [0.15, 0.2) is 0 Å². The van der Waals surface area contributed by atoms with E-state index in [1.54, 1.807) is 0 Å². The molecule has 2 fully saturated rings. The van der Waals surface area contributed by atoms with Crippen LogP contribution >= 0.6 is 0 Å². The number of rotatable bonds is 3. The fourth-order valence-corrected chi connectivity index (χ4v) is 1.81. The summed E-state index contributed by atoms with van der Waals surface area (Å²) >= 11 is 0. The molecule has 1 unspecified atom stereocenters. The van der Waals surface area contributed by atoms with Crippen LogP contribution in [0.5, 0.6) is 0 Å². The van der Waals surface area contributed by atoms with Crippen LogP contribution in [0.4, 0.5) is 4.79 Å². The molecule has 0 radical (unpaired) electrons. The monoisotopic (exact) mass is 198 g/mol. The Kier molecular flexibility index (Phi) is 3.24. The Hall–Kier alpha value is -0.770. The predicted octanol–water partition coefficient (Wildman–Crippen LogP) is 0.875. The quantitative estimate of drug-likeness (QED) is 0.707. The van der Waals surface area contributed by atoms with Gasteiger partial charge in [0.05, 0.1) is 6.61 Å². The van der Waals surface area contributed by atoms with Gasteiger partial charge in [0.2, 0.25) is 0 Å². The summed E-state index contributed by atoms with van der Waals surface area (Å²) in [5, 5.41) is 6.11. The summed E-state index contributed by atoms with van der Waals surface area (Å²) < 4.78 is 5.14. The molecule has 80 valence electrons. The minimum Gasteiger partial charge on any atom is -0.449 e. The molecule has 14 heavy (non-hydrogen) atoms. The Balaban J connectivity index is 1.57. The van der Waals surface area contributed by atoms with Gasteiger partial charge in [-0.1, -0.05) is 0 Å². The van der Waals surface area contributed by atoms with E-state index in [4.69, 9.17) is 4.74 Å². The standard InChI is InChI=1S/C10H18N2O2/c13-10(12-9-2-1-3-9)14-7-8-4-5-11-6-8/h8-9,11H,1-7H2,(H,12,13). The molecule has 1 saturated carbocycles. The van der Waals surface area contributed by atoms with Crippen LogP contribution < -0.4 is 10.6 Å². The normalized spacial score (nSPS) is 27.0. The molecule has 4 nitrogen and oxygen atoms in total. The maximum absolute atomic E-state index is 11.2. The highest BCUT2D eigenvalue weighted by Gasteiger charge is 2.21. The second kappa shape index (κ2) is 4.64. The molecule has 2 N–H and O–H groups in total. The highest BCUT2D eigenvalue weighted by molar-refractivity contribution is 5.67. The number of alkyl carbamates (subject to hydrolysis) is 1. The van der Waals surface area contributed by atoms with Crippen LogP contribution in [-0.4, -0.2) is 31.8 Å². The maximum Gasteiger partial charge on any atom is 0.407 e. The molecule has 1 amide bonds. The SMILES string of the molecule is O=C(NC1CCC1)OCC1CCNC1. The minimum atomic E-state index is -0.235. The van der Waals surface area contributed by atoms with Crippen molar-refractivity contribution < 1.29 is 9.53 Å². The van der Waals surface area contributed by atoms with Gasteiger partial charge in [-0.15, -0.1) is 0 Å². The molecule has 0 bridgehead atoms. The van der Waals surface area contributed by atoms with Gasteiger partial charge in [-0.25, -0.2) is 4.79 Å². The maximum atomic E-state index is 11.2. The van der Waals surface area contributed by atoms with E-state index in [1.165, 1.54) is 6.42 Å². The summed E-state index contributed by atoms with van der Waals surface area (Å²) in [6.45, 7) is 2.60. The Labute approximate surface area is 84.4 Å². The first-order valence-electron chi connectivity index (χ1n) is 5.48. The first-order chi connectivity index (χ1) is 6.84. The third-order valence-corrected chi connectivity index (χ3v) is 3.04. The lowest BCUT2D eigenvalue weighted by Crippen LogP contribution is -2.40. The molecule has 1 saturated heterocycles. The number of hydrogen-bond donors (Lipinski definition) is 2. The summed E-state index contributed by atoms with van der Waals surface area (Å²) in [6, 6.07) is 0.379. The van der Waals surface area contributed by atoms with Gasteiger partial charge in [0, 0.05) is 18.5 Å². The van der Waals surface area contributed by atoms with E-state index < -0.39 is 0 Å². The lowest BCUT2D eigenvalue weighted by molar-refractivity contribution is 0.121. The molecule has 2 rings (SSSR count). The molecular weight excluding hydrogens is 180 g/mol. The Bertz CT molecular complexity index is 198. The Morgan fingerprint density at radius 3 is 2.86 bits per heavy atom. The van der Waals surface area contributed by atoms with Crippen LogP contribution in [0.1, 0.15) is 25.7 Å². The van der Waals surface area contributed by atoms with Gasteiger partial charge in [-0.05, 0) is 32.2 Å². The van der Waals surface area contributed by atoms with Gasteiger partial charge in [0.25, 0.3) is 0 Å². The second-order valence-electron chi connectivity index (χ2n) is 4.23. The summed E-state index contributed by atoms with van der Waals surface area (Å²) in [7, 11) is 0. The Morgan fingerprint density at radius 1 is 1.43 bits per heavy atom. The van der Waals surface area contributed by atoms with Crippen molar-refractivity contribution in [2.75, 3.05) is 19.7 Å². The smallest absolute Gasteiger partial charge is 0.407 e. The van der Waals surface area contributed by atoms with Crippen molar-refractivity contribution >= 4 is 6.09 Å². The lowest BCUT2D eigenvalue weighted by atomic mass is 9.93. The van der Waals surface area contributed by atoms with Crippen molar-refractivity contribution in [1.29, 1.82) is 0 Å². The zero-order valence-corrected chi connectivity index (χ0v) is 8.42. The average Bonchev–Trinajstić information content (AvgIpc) is 2.60. The molecule has 0 aromatic heterocycles. The zero-order chi connectivity index (χ0) is 9.80. The predicted molar refractivity (Wildman–Crippen MR) is 53.1 cm³/mol. The average molecular weight is 198 g/mol. The number of ether oxygens (including phenoxy) is 1.